The number of hydrogen-bond acceptors (Lipinski definition) is 6. The molecule has 0 aliphatic carbocycles. The van der Waals surface area contributed by atoms with Crippen LogP contribution in [0.3, 0.4) is 0 Å². The summed E-state index contributed by atoms with van der Waals surface area (Å²) < 4.78 is 26.9. The Balaban J connectivity index is 1.48. The van der Waals surface area contributed by atoms with Gasteiger partial charge >= 0.3 is 0 Å². The lowest BCUT2D eigenvalue weighted by molar-refractivity contribution is 0.0641. The van der Waals surface area contributed by atoms with Gasteiger partial charge in [0.15, 0.2) is 0 Å². The number of nitrogens with one attached hydrogen (secondary N) is 1. The number of halogens is 2. The van der Waals surface area contributed by atoms with Gasteiger partial charge in [-0.1, -0.05) is 23.5 Å². The Morgan fingerprint density at radius 1 is 1.04 bits per heavy atom. The van der Waals surface area contributed by atoms with E-state index < -0.39 is 34.9 Å². The van der Waals surface area contributed by atoms with Gasteiger partial charge in [0.1, 0.15) is 16.6 Å². The summed E-state index contributed by atoms with van der Waals surface area (Å²) in [6, 6.07) is 8.97. The van der Waals surface area contributed by atoms with Gasteiger partial charge in [-0.25, -0.2) is 8.78 Å². The summed E-state index contributed by atoms with van der Waals surface area (Å²) in [5.74, 6) is -3.41. The zero-order valence-electron chi connectivity index (χ0n) is 14.0. The molecule has 2 heterocycles. The number of carbonyl (C=O) groups excluding carboxylic acids is 3. The normalized spacial score (nSPS) is 13.0. The minimum absolute atomic E-state index is 0.0280. The first-order valence-electron chi connectivity index (χ1n) is 7.98. The summed E-state index contributed by atoms with van der Waals surface area (Å²) in [6.07, 6.45) is 0. The average Bonchev–Trinajstić information content (AvgIpc) is 3.22. The van der Waals surface area contributed by atoms with Crippen molar-refractivity contribution in [2.75, 3.05) is 5.32 Å². The van der Waals surface area contributed by atoms with Crippen molar-refractivity contribution < 1.29 is 23.2 Å². The number of anilines is 1. The lowest BCUT2D eigenvalue weighted by atomic mass is 10.1. The highest BCUT2D eigenvalue weighted by Crippen LogP contribution is 2.26. The monoisotopic (exact) mass is 400 g/mol. The molecule has 2 aromatic carbocycles. The molecular weight excluding hydrogens is 390 g/mol. The van der Waals surface area contributed by atoms with Crippen molar-refractivity contribution in [2.24, 2.45) is 0 Å². The van der Waals surface area contributed by atoms with Crippen LogP contribution in [0.4, 0.5) is 13.9 Å². The van der Waals surface area contributed by atoms with Crippen LogP contribution in [0.5, 0.6) is 0 Å². The summed E-state index contributed by atoms with van der Waals surface area (Å²) in [6.45, 7) is -0.117. The summed E-state index contributed by atoms with van der Waals surface area (Å²) in [4.78, 5) is 37.9. The molecule has 0 atom stereocenters. The largest absolute Gasteiger partial charge is 0.296 e. The second-order valence-electron chi connectivity index (χ2n) is 5.82. The number of amides is 3. The topological polar surface area (TPSA) is 92.3 Å². The van der Waals surface area contributed by atoms with E-state index in [-0.39, 0.29) is 11.7 Å². The molecule has 0 saturated carbocycles. The zero-order valence-corrected chi connectivity index (χ0v) is 14.8. The van der Waals surface area contributed by atoms with Crippen molar-refractivity contribution in [3.05, 3.63) is 75.8 Å². The van der Waals surface area contributed by atoms with E-state index in [1.54, 1.807) is 24.3 Å². The molecule has 0 spiro atoms. The van der Waals surface area contributed by atoms with Crippen LogP contribution in [0.15, 0.2) is 42.5 Å². The van der Waals surface area contributed by atoms with Gasteiger partial charge in [0.2, 0.25) is 5.13 Å². The third kappa shape index (κ3) is 3.14. The molecule has 3 amide bonds. The molecule has 28 heavy (non-hydrogen) atoms. The Morgan fingerprint density at radius 3 is 2.39 bits per heavy atom. The number of nitrogens with zero attached hydrogens (tertiary/aromatic N) is 3. The quantitative estimate of drug-likeness (QED) is 0.680. The standard InChI is InChI=1S/C18H10F2N4O3S/c19-9-5-6-13(20)12(7-9)15(25)21-18-23-22-14(28-18)8-24-16(26)10-3-1-2-4-11(10)17(24)27/h1-7H,8H2,(H,21,23,25). The third-order valence-corrected chi connectivity index (χ3v) is 4.86. The first-order chi connectivity index (χ1) is 13.4. The number of aromatic nitrogens is 2. The minimum Gasteiger partial charge on any atom is -0.296 e. The van der Waals surface area contributed by atoms with Crippen molar-refractivity contribution >= 4 is 34.2 Å². The third-order valence-electron chi connectivity index (χ3n) is 4.03. The molecule has 10 heteroatoms. The van der Waals surface area contributed by atoms with Gasteiger partial charge < -0.3 is 0 Å². The maximum absolute atomic E-state index is 13.7. The highest BCUT2D eigenvalue weighted by Gasteiger charge is 2.35. The van der Waals surface area contributed by atoms with Crippen LogP contribution < -0.4 is 5.32 Å². The summed E-state index contributed by atoms with van der Waals surface area (Å²) in [5, 5.41) is 10.2. The second-order valence-corrected chi connectivity index (χ2v) is 6.88. The molecule has 0 bridgehead atoms. The molecule has 1 N–H and O–H groups in total. The van der Waals surface area contributed by atoms with E-state index in [1.165, 1.54) is 0 Å². The average molecular weight is 400 g/mol. The van der Waals surface area contributed by atoms with Crippen molar-refractivity contribution in [3.8, 4) is 0 Å². The second kappa shape index (κ2) is 6.89. The molecule has 3 aromatic rings. The molecule has 4 rings (SSSR count). The van der Waals surface area contributed by atoms with Crippen molar-refractivity contribution in [2.45, 2.75) is 6.54 Å². The molecular formula is C18H10F2N4O3S. The molecule has 1 aliphatic rings. The molecule has 0 fully saturated rings. The minimum atomic E-state index is -0.888. The van der Waals surface area contributed by atoms with E-state index in [4.69, 9.17) is 0 Å². The van der Waals surface area contributed by atoms with E-state index in [2.05, 4.69) is 15.5 Å². The Hall–Kier alpha value is -3.53. The molecule has 0 radical (unpaired) electrons. The van der Waals surface area contributed by atoms with Crippen LogP contribution in [0.2, 0.25) is 0 Å². The number of fused-ring (bicyclic) bond motifs is 1. The smallest absolute Gasteiger partial charge is 0.261 e. The Labute approximate surface area is 160 Å². The molecule has 140 valence electrons. The van der Waals surface area contributed by atoms with Gasteiger partial charge in [0.25, 0.3) is 17.7 Å². The van der Waals surface area contributed by atoms with Crippen molar-refractivity contribution in [3.63, 3.8) is 0 Å². The zero-order chi connectivity index (χ0) is 19.8. The van der Waals surface area contributed by atoms with E-state index in [0.29, 0.717) is 16.1 Å². The first kappa shape index (κ1) is 17.9. The first-order valence-corrected chi connectivity index (χ1v) is 8.79. The van der Waals surface area contributed by atoms with Crippen LogP contribution in [0, 0.1) is 11.6 Å². The Morgan fingerprint density at radius 2 is 1.71 bits per heavy atom. The fourth-order valence-corrected chi connectivity index (χ4v) is 3.45. The van der Waals surface area contributed by atoms with Crippen molar-refractivity contribution in [1.82, 2.24) is 15.1 Å². The van der Waals surface area contributed by atoms with E-state index in [9.17, 15) is 23.2 Å². The number of benzene rings is 2. The SMILES string of the molecule is O=C(Nc1nnc(CN2C(=O)c3ccccc3C2=O)s1)c1cc(F)ccc1F. The number of hydrogen-bond donors (Lipinski definition) is 1. The predicted octanol–water partition coefficient (Wildman–Crippen LogP) is 2.86. The maximum Gasteiger partial charge on any atom is 0.261 e. The van der Waals surface area contributed by atoms with Crippen LogP contribution in [0.1, 0.15) is 36.1 Å². The Bertz CT molecular complexity index is 1100. The molecule has 1 aliphatic heterocycles. The fraction of sp³-hybridized carbons (Fsp3) is 0.0556. The fourth-order valence-electron chi connectivity index (χ4n) is 2.72. The summed E-state index contributed by atoms with van der Waals surface area (Å²) >= 11 is 0.919. The highest BCUT2D eigenvalue weighted by atomic mass is 32.1. The van der Waals surface area contributed by atoms with Crippen LogP contribution in [-0.2, 0) is 6.54 Å². The van der Waals surface area contributed by atoms with Crippen molar-refractivity contribution in [1.29, 1.82) is 0 Å². The van der Waals surface area contributed by atoms with Gasteiger partial charge in [-0.3, -0.25) is 24.6 Å². The molecule has 7 nitrogen and oxygen atoms in total. The van der Waals surface area contributed by atoms with Crippen LogP contribution in [-0.4, -0.2) is 32.8 Å². The molecule has 0 unspecified atom stereocenters. The molecule has 0 saturated heterocycles. The number of imide groups is 1. The van der Waals surface area contributed by atoms with E-state index >= 15 is 0 Å². The van der Waals surface area contributed by atoms with E-state index in [0.717, 1.165) is 34.4 Å². The number of rotatable bonds is 4. The lowest BCUT2D eigenvalue weighted by Crippen LogP contribution is -2.29. The van der Waals surface area contributed by atoms with Gasteiger partial charge in [-0.05, 0) is 30.3 Å². The van der Waals surface area contributed by atoms with E-state index in [1.807, 2.05) is 0 Å². The number of carbonyl (C=O) groups is 3. The van der Waals surface area contributed by atoms with Crippen LogP contribution in [0.25, 0.3) is 0 Å². The van der Waals surface area contributed by atoms with Gasteiger partial charge in [0, 0.05) is 0 Å². The Kier molecular flexibility index (Phi) is 4.40. The lowest BCUT2D eigenvalue weighted by Gasteiger charge is -2.10. The van der Waals surface area contributed by atoms with Gasteiger partial charge in [-0.15, -0.1) is 10.2 Å². The molecule has 1 aromatic heterocycles. The van der Waals surface area contributed by atoms with Gasteiger partial charge in [0.05, 0.1) is 23.2 Å². The summed E-state index contributed by atoms with van der Waals surface area (Å²) in [7, 11) is 0. The highest BCUT2D eigenvalue weighted by molar-refractivity contribution is 7.15. The predicted molar refractivity (Wildman–Crippen MR) is 94.9 cm³/mol. The van der Waals surface area contributed by atoms with Crippen LogP contribution >= 0.6 is 11.3 Å². The van der Waals surface area contributed by atoms with Gasteiger partial charge in [-0.2, -0.15) is 0 Å². The maximum atomic E-state index is 13.7. The summed E-state index contributed by atoms with van der Waals surface area (Å²) in [5.41, 5.74) is 0.149.